The summed E-state index contributed by atoms with van der Waals surface area (Å²) >= 11 is 11.7. The molecule has 10 heteroatoms. The number of hydrogen-bond acceptors (Lipinski definition) is 5. The fraction of sp³-hybridized carbons (Fsp3) is 0.417. The van der Waals surface area contributed by atoms with Crippen molar-refractivity contribution in [2.75, 3.05) is 36.4 Å². The molecule has 2 aromatic rings. The van der Waals surface area contributed by atoms with Crippen LogP contribution in [0.2, 0.25) is 0 Å². The number of halogens is 3. The van der Waals surface area contributed by atoms with Crippen molar-refractivity contribution in [3.63, 3.8) is 0 Å². The molecule has 0 aliphatic rings. The predicted octanol–water partition coefficient (Wildman–Crippen LogP) is 2.77. The third-order valence-corrected chi connectivity index (χ3v) is 5.50. The van der Waals surface area contributed by atoms with E-state index in [1.807, 2.05) is 29.2 Å². The van der Waals surface area contributed by atoms with Crippen LogP contribution in [0.1, 0.15) is 18.1 Å². The zero-order valence-electron chi connectivity index (χ0n) is 19.1. The van der Waals surface area contributed by atoms with E-state index in [-0.39, 0.29) is 19.4 Å². The van der Waals surface area contributed by atoms with Crippen LogP contribution >= 0.6 is 23.2 Å². The molecule has 34 heavy (non-hydrogen) atoms. The molecule has 0 heterocycles. The predicted molar refractivity (Wildman–Crippen MR) is 135 cm³/mol. The fourth-order valence-corrected chi connectivity index (χ4v) is 3.81. The molecule has 0 spiro atoms. The van der Waals surface area contributed by atoms with Crippen LogP contribution in [0.25, 0.3) is 0 Å². The van der Waals surface area contributed by atoms with Gasteiger partial charge in [0.25, 0.3) is 0 Å². The van der Waals surface area contributed by atoms with Crippen molar-refractivity contribution in [1.29, 1.82) is 0 Å². The van der Waals surface area contributed by atoms with E-state index in [2.05, 4.69) is 5.32 Å². The van der Waals surface area contributed by atoms with Gasteiger partial charge in [0.05, 0.1) is 12.0 Å². The van der Waals surface area contributed by atoms with E-state index >= 15 is 0 Å². The lowest BCUT2D eigenvalue weighted by atomic mass is 9.73. The highest BCUT2D eigenvalue weighted by Crippen LogP contribution is 2.18. The lowest BCUT2D eigenvalue weighted by Gasteiger charge is -2.28. The van der Waals surface area contributed by atoms with Crippen molar-refractivity contribution >= 4 is 48.6 Å². The van der Waals surface area contributed by atoms with E-state index in [9.17, 15) is 14.0 Å². The van der Waals surface area contributed by atoms with Crippen molar-refractivity contribution < 1.29 is 18.7 Å². The molecule has 1 amide bonds. The Labute approximate surface area is 211 Å². The number of anilines is 1. The standard InChI is InChI=1S/C24H29BCl2FN3O3/c1-2-34-22(32)21(15-17-3-7-19(28)8-4-17)30-23(33)24(25,29)16-18-5-9-20(10-6-18)31(13-11-26)14-12-27/h3-10,21H,2,11-16,29H2,1H3,(H,30,33). The molecule has 0 bridgehead atoms. The zero-order valence-corrected chi connectivity index (χ0v) is 20.6. The van der Waals surface area contributed by atoms with Crippen LogP contribution in [0.4, 0.5) is 10.1 Å². The molecule has 0 aromatic heterocycles. The molecule has 2 rings (SSSR count). The van der Waals surface area contributed by atoms with Gasteiger partial charge in [-0.25, -0.2) is 9.18 Å². The molecule has 0 saturated heterocycles. The Bertz CT molecular complexity index is 924. The first-order valence-electron chi connectivity index (χ1n) is 11.0. The van der Waals surface area contributed by atoms with Crippen molar-refractivity contribution in [2.45, 2.75) is 31.2 Å². The SMILES string of the molecule is [B]C(N)(Cc1ccc(N(CCCl)CCCl)cc1)C(=O)NC(Cc1ccc(F)cc1)C(=O)OCC. The summed E-state index contributed by atoms with van der Waals surface area (Å²) in [6.45, 7) is 3.10. The lowest BCUT2D eigenvalue weighted by Crippen LogP contribution is -2.59. The number of rotatable bonds is 13. The summed E-state index contributed by atoms with van der Waals surface area (Å²) < 4.78 is 18.3. The van der Waals surface area contributed by atoms with Gasteiger partial charge in [-0.3, -0.25) is 4.79 Å². The molecule has 0 aliphatic carbocycles. The number of hydrogen-bond donors (Lipinski definition) is 2. The van der Waals surface area contributed by atoms with Crippen molar-refractivity contribution in [3.05, 3.63) is 65.5 Å². The molecule has 182 valence electrons. The number of esters is 1. The molecule has 0 saturated carbocycles. The molecular formula is C24H29BCl2FN3O3. The van der Waals surface area contributed by atoms with E-state index in [4.69, 9.17) is 41.5 Å². The number of ether oxygens (including phenoxy) is 1. The third-order valence-electron chi connectivity index (χ3n) is 5.16. The molecule has 2 aromatic carbocycles. The van der Waals surface area contributed by atoms with Crippen LogP contribution < -0.4 is 16.0 Å². The second-order valence-electron chi connectivity index (χ2n) is 7.86. The minimum absolute atomic E-state index is 0.0379. The Morgan fingerprint density at radius 3 is 2.18 bits per heavy atom. The van der Waals surface area contributed by atoms with Crippen molar-refractivity contribution in [2.24, 2.45) is 5.73 Å². The van der Waals surface area contributed by atoms with Crippen molar-refractivity contribution in [3.8, 4) is 0 Å². The number of carbonyl (C=O) groups is 2. The summed E-state index contributed by atoms with van der Waals surface area (Å²) in [4.78, 5) is 27.4. The van der Waals surface area contributed by atoms with Crippen LogP contribution in [-0.2, 0) is 27.2 Å². The van der Waals surface area contributed by atoms with Gasteiger partial charge in [0.1, 0.15) is 19.7 Å². The first kappa shape index (κ1) is 28.0. The van der Waals surface area contributed by atoms with Gasteiger partial charge in [-0.2, -0.15) is 0 Å². The highest BCUT2D eigenvalue weighted by Gasteiger charge is 2.32. The molecular weight excluding hydrogens is 479 g/mol. The largest absolute Gasteiger partial charge is 0.464 e. The molecule has 2 radical (unpaired) electrons. The molecule has 0 fully saturated rings. The van der Waals surface area contributed by atoms with Gasteiger partial charge in [-0.05, 0) is 48.7 Å². The normalized spacial score (nSPS) is 13.6. The topological polar surface area (TPSA) is 84.7 Å². The second kappa shape index (κ2) is 13.6. The minimum atomic E-state index is -1.78. The number of nitrogens with one attached hydrogen (secondary N) is 1. The van der Waals surface area contributed by atoms with Gasteiger partial charge < -0.3 is 20.7 Å². The Balaban J connectivity index is 2.10. The number of alkyl halides is 2. The molecule has 0 aliphatic heterocycles. The highest BCUT2D eigenvalue weighted by atomic mass is 35.5. The van der Waals surface area contributed by atoms with Crippen LogP contribution in [0.5, 0.6) is 0 Å². The summed E-state index contributed by atoms with van der Waals surface area (Å²) in [6.07, 6.45) is 0.142. The first-order chi connectivity index (χ1) is 16.2. The minimum Gasteiger partial charge on any atom is -0.464 e. The fourth-order valence-electron chi connectivity index (χ4n) is 3.40. The zero-order chi connectivity index (χ0) is 25.1. The Morgan fingerprint density at radius 2 is 1.65 bits per heavy atom. The molecule has 3 N–H and O–H groups in total. The number of benzene rings is 2. The summed E-state index contributed by atoms with van der Waals surface area (Å²) in [7, 11) is 6.14. The lowest BCUT2D eigenvalue weighted by molar-refractivity contribution is -0.147. The maximum absolute atomic E-state index is 13.2. The number of nitrogens with two attached hydrogens (primary N) is 1. The van der Waals surface area contributed by atoms with Gasteiger partial charge >= 0.3 is 5.97 Å². The first-order valence-corrected chi connectivity index (χ1v) is 12.0. The quantitative estimate of drug-likeness (QED) is 0.247. The number of nitrogens with zero attached hydrogens (tertiary/aromatic N) is 1. The van der Waals surface area contributed by atoms with E-state index in [1.165, 1.54) is 24.3 Å². The monoisotopic (exact) mass is 507 g/mol. The molecule has 6 nitrogen and oxygen atoms in total. The molecule has 2 atom stereocenters. The van der Waals surface area contributed by atoms with Gasteiger partial charge in [0.2, 0.25) is 5.91 Å². The van der Waals surface area contributed by atoms with Crippen LogP contribution in [-0.4, -0.2) is 62.7 Å². The molecule has 2 unspecified atom stereocenters. The number of carbonyl (C=O) groups excluding carboxylic acids is 2. The maximum atomic E-state index is 13.2. The Hall–Kier alpha value is -2.29. The highest BCUT2D eigenvalue weighted by molar-refractivity contribution is 6.28. The second-order valence-corrected chi connectivity index (χ2v) is 8.61. The van der Waals surface area contributed by atoms with E-state index in [0.29, 0.717) is 30.4 Å². The summed E-state index contributed by atoms with van der Waals surface area (Å²) in [5.41, 5.74) is 6.69. The average Bonchev–Trinajstić information content (AvgIpc) is 2.80. The third kappa shape index (κ3) is 8.49. The summed E-state index contributed by atoms with van der Waals surface area (Å²) in [5.74, 6) is -0.801. The van der Waals surface area contributed by atoms with E-state index in [0.717, 1.165) is 11.3 Å². The van der Waals surface area contributed by atoms with Gasteiger partial charge in [-0.1, -0.05) is 24.3 Å². The van der Waals surface area contributed by atoms with E-state index < -0.39 is 29.2 Å². The van der Waals surface area contributed by atoms with Crippen LogP contribution in [0, 0.1) is 5.82 Å². The van der Waals surface area contributed by atoms with Crippen molar-refractivity contribution in [1.82, 2.24) is 5.32 Å². The van der Waals surface area contributed by atoms with Crippen LogP contribution in [0.15, 0.2) is 48.5 Å². The van der Waals surface area contributed by atoms with Gasteiger partial charge in [-0.15, -0.1) is 23.2 Å². The summed E-state index contributed by atoms with van der Waals surface area (Å²) in [5, 5.41) is 2.59. The van der Waals surface area contributed by atoms with Gasteiger partial charge in [0.15, 0.2) is 0 Å². The Morgan fingerprint density at radius 1 is 1.09 bits per heavy atom. The van der Waals surface area contributed by atoms with Crippen LogP contribution in [0.3, 0.4) is 0 Å². The van der Waals surface area contributed by atoms with E-state index in [1.54, 1.807) is 6.92 Å². The smallest absolute Gasteiger partial charge is 0.328 e. The maximum Gasteiger partial charge on any atom is 0.328 e. The Kier molecular flexibility index (Phi) is 11.2. The average molecular weight is 508 g/mol. The number of amides is 1. The van der Waals surface area contributed by atoms with Gasteiger partial charge in [0, 0.05) is 37.0 Å². The summed E-state index contributed by atoms with van der Waals surface area (Å²) in [6, 6.07) is 12.0.